The minimum absolute atomic E-state index is 0.126. The van der Waals surface area contributed by atoms with Crippen molar-refractivity contribution in [3.8, 4) is 0 Å². The minimum Gasteiger partial charge on any atom is -0.481 e. The summed E-state index contributed by atoms with van der Waals surface area (Å²) < 4.78 is 3.39. The molecule has 0 atom stereocenters. The van der Waals surface area contributed by atoms with Gasteiger partial charge in [-0.1, -0.05) is 19.1 Å². The van der Waals surface area contributed by atoms with Crippen molar-refractivity contribution in [2.45, 2.75) is 33.4 Å². The fourth-order valence-corrected chi connectivity index (χ4v) is 1.71. The zero-order valence-corrected chi connectivity index (χ0v) is 10.9. The Labute approximate surface area is 110 Å². The van der Waals surface area contributed by atoms with Crippen molar-refractivity contribution in [2.24, 2.45) is 5.92 Å². The van der Waals surface area contributed by atoms with E-state index in [1.807, 2.05) is 4.68 Å². The van der Waals surface area contributed by atoms with Gasteiger partial charge in [0.05, 0.1) is 12.1 Å². The van der Waals surface area contributed by atoms with Gasteiger partial charge >= 0.3 is 5.97 Å². The van der Waals surface area contributed by atoms with E-state index in [0.29, 0.717) is 18.2 Å². The molecule has 0 unspecified atom stereocenters. The highest BCUT2D eigenvalue weighted by atomic mass is 16.4. The molecule has 8 nitrogen and oxygen atoms in total. The van der Waals surface area contributed by atoms with Gasteiger partial charge in [-0.25, -0.2) is 14.3 Å². The normalized spacial score (nSPS) is 11.1. The van der Waals surface area contributed by atoms with Crippen LogP contribution in [0, 0.1) is 5.92 Å². The number of rotatable bonds is 6. The molecule has 2 aromatic rings. The lowest BCUT2D eigenvalue weighted by Crippen LogP contribution is -2.13. The third-order valence-corrected chi connectivity index (χ3v) is 2.46. The molecule has 19 heavy (non-hydrogen) atoms. The van der Waals surface area contributed by atoms with Crippen LogP contribution in [0.4, 0.5) is 0 Å². The summed E-state index contributed by atoms with van der Waals surface area (Å²) in [7, 11) is 0. The van der Waals surface area contributed by atoms with Crippen molar-refractivity contribution in [1.29, 1.82) is 0 Å². The molecule has 102 valence electrons. The average Bonchev–Trinajstić information content (AvgIpc) is 2.89. The Morgan fingerprint density at radius 2 is 2.26 bits per heavy atom. The summed E-state index contributed by atoms with van der Waals surface area (Å²) in [6.45, 7) is 5.42. The van der Waals surface area contributed by atoms with Crippen LogP contribution in [0.3, 0.4) is 0 Å². The number of aromatic nitrogens is 6. The summed E-state index contributed by atoms with van der Waals surface area (Å²) in [6, 6.07) is 0. The Morgan fingerprint density at radius 3 is 2.95 bits per heavy atom. The van der Waals surface area contributed by atoms with Crippen LogP contribution < -0.4 is 0 Å². The highest BCUT2D eigenvalue weighted by Crippen LogP contribution is 2.03. The molecule has 1 N–H and O–H groups in total. The topological polar surface area (TPSA) is 98.7 Å². The van der Waals surface area contributed by atoms with Crippen LogP contribution in [0.15, 0.2) is 12.5 Å². The van der Waals surface area contributed by atoms with Gasteiger partial charge in [0, 0.05) is 12.7 Å². The number of carboxylic acids is 1. The third-order valence-electron chi connectivity index (χ3n) is 2.46. The first-order chi connectivity index (χ1) is 9.04. The zero-order chi connectivity index (χ0) is 13.8. The second kappa shape index (κ2) is 5.59. The molecule has 0 saturated carbocycles. The van der Waals surface area contributed by atoms with Gasteiger partial charge in [-0.05, 0) is 5.92 Å². The van der Waals surface area contributed by atoms with Crippen molar-refractivity contribution < 1.29 is 9.90 Å². The molecule has 0 aromatic carbocycles. The summed E-state index contributed by atoms with van der Waals surface area (Å²) in [6.07, 6.45) is 2.99. The molecule has 8 heteroatoms. The van der Waals surface area contributed by atoms with Crippen LogP contribution in [0.1, 0.15) is 25.4 Å². The Kier molecular flexibility index (Phi) is 3.88. The number of nitrogens with zero attached hydrogens (tertiary/aromatic N) is 6. The number of hydrogen-bond acceptors (Lipinski definition) is 5. The first kappa shape index (κ1) is 13.2. The van der Waals surface area contributed by atoms with E-state index in [1.165, 1.54) is 6.33 Å². The largest absolute Gasteiger partial charge is 0.481 e. The van der Waals surface area contributed by atoms with Crippen LogP contribution in [-0.4, -0.2) is 40.8 Å². The molecule has 0 radical (unpaired) electrons. The smallest absolute Gasteiger partial charge is 0.309 e. The predicted molar refractivity (Wildman–Crippen MR) is 65.3 cm³/mol. The van der Waals surface area contributed by atoms with Gasteiger partial charge in [0.1, 0.15) is 18.7 Å². The Bertz CT molecular complexity index is 559. The lowest BCUT2D eigenvalue weighted by molar-refractivity contribution is -0.136. The van der Waals surface area contributed by atoms with Gasteiger partial charge in [0.15, 0.2) is 0 Å². The van der Waals surface area contributed by atoms with Gasteiger partial charge in [-0.15, -0.1) is 5.10 Å². The van der Waals surface area contributed by atoms with Crippen molar-refractivity contribution in [3.63, 3.8) is 0 Å². The SMILES string of the molecule is CC(C)Cn1ncnc1Cn1cc(CC(=O)O)nn1. The van der Waals surface area contributed by atoms with E-state index in [2.05, 4.69) is 34.2 Å². The van der Waals surface area contributed by atoms with Crippen LogP contribution in [0.5, 0.6) is 0 Å². The molecule has 0 fully saturated rings. The van der Waals surface area contributed by atoms with Crippen LogP contribution in [0.25, 0.3) is 0 Å². The molecule has 2 rings (SSSR count). The Morgan fingerprint density at radius 1 is 1.47 bits per heavy atom. The minimum atomic E-state index is -0.921. The molecule has 2 heterocycles. The summed E-state index contributed by atoms with van der Waals surface area (Å²) >= 11 is 0. The number of aliphatic carboxylic acids is 1. The van der Waals surface area contributed by atoms with Gasteiger partial charge in [0.2, 0.25) is 0 Å². The van der Waals surface area contributed by atoms with Gasteiger partial charge in [-0.3, -0.25) is 4.79 Å². The first-order valence-corrected chi connectivity index (χ1v) is 6.02. The maximum absolute atomic E-state index is 10.6. The molecule has 0 bridgehead atoms. The highest BCUT2D eigenvalue weighted by Gasteiger charge is 2.10. The first-order valence-electron chi connectivity index (χ1n) is 6.02. The van der Waals surface area contributed by atoms with Crippen molar-refractivity contribution >= 4 is 5.97 Å². The second-order valence-corrected chi connectivity index (χ2v) is 4.73. The van der Waals surface area contributed by atoms with E-state index in [9.17, 15) is 4.79 Å². The average molecular weight is 264 g/mol. The van der Waals surface area contributed by atoms with Crippen LogP contribution >= 0.6 is 0 Å². The second-order valence-electron chi connectivity index (χ2n) is 4.73. The maximum Gasteiger partial charge on any atom is 0.309 e. The van der Waals surface area contributed by atoms with E-state index in [0.717, 1.165) is 12.4 Å². The van der Waals surface area contributed by atoms with Gasteiger partial charge in [-0.2, -0.15) is 5.10 Å². The van der Waals surface area contributed by atoms with E-state index in [4.69, 9.17) is 5.11 Å². The molecular weight excluding hydrogens is 248 g/mol. The Balaban J connectivity index is 2.06. The van der Waals surface area contributed by atoms with Crippen LogP contribution in [0.2, 0.25) is 0 Å². The summed E-state index contributed by atoms with van der Waals surface area (Å²) in [5.41, 5.74) is 0.433. The van der Waals surface area contributed by atoms with Crippen LogP contribution in [-0.2, 0) is 24.3 Å². The lowest BCUT2D eigenvalue weighted by Gasteiger charge is -2.07. The van der Waals surface area contributed by atoms with Crippen molar-refractivity contribution in [3.05, 3.63) is 24.0 Å². The fraction of sp³-hybridized carbons (Fsp3) is 0.545. The fourth-order valence-electron chi connectivity index (χ4n) is 1.71. The summed E-state index contributed by atoms with van der Waals surface area (Å²) in [5.74, 6) is 0.328. The van der Waals surface area contributed by atoms with E-state index in [1.54, 1.807) is 10.9 Å². The number of carboxylic acid groups (broad SMARTS) is 1. The summed E-state index contributed by atoms with van der Waals surface area (Å²) in [5, 5.41) is 20.5. The molecule has 0 aliphatic heterocycles. The van der Waals surface area contributed by atoms with E-state index >= 15 is 0 Å². The molecular formula is C11H16N6O2. The quantitative estimate of drug-likeness (QED) is 0.800. The van der Waals surface area contributed by atoms with E-state index < -0.39 is 5.97 Å². The van der Waals surface area contributed by atoms with Gasteiger partial charge < -0.3 is 5.11 Å². The molecule has 0 saturated heterocycles. The number of carbonyl (C=O) groups is 1. The zero-order valence-electron chi connectivity index (χ0n) is 10.9. The molecule has 0 spiro atoms. The third kappa shape index (κ3) is 3.60. The molecule has 0 aliphatic rings. The lowest BCUT2D eigenvalue weighted by atomic mass is 10.2. The van der Waals surface area contributed by atoms with Gasteiger partial charge in [0.25, 0.3) is 0 Å². The summed E-state index contributed by atoms with van der Waals surface area (Å²) in [4.78, 5) is 14.7. The number of hydrogen-bond donors (Lipinski definition) is 1. The highest BCUT2D eigenvalue weighted by molar-refractivity contribution is 5.69. The maximum atomic E-state index is 10.6. The standard InChI is InChI=1S/C11H16N6O2/c1-8(2)4-17-10(12-7-13-17)6-16-5-9(14-15-16)3-11(18)19/h5,7-8H,3-4,6H2,1-2H3,(H,18,19). The Hall–Kier alpha value is -2.25. The van der Waals surface area contributed by atoms with E-state index in [-0.39, 0.29) is 6.42 Å². The van der Waals surface area contributed by atoms with Crippen molar-refractivity contribution in [1.82, 2.24) is 29.8 Å². The molecule has 0 aliphatic carbocycles. The molecule has 0 amide bonds. The van der Waals surface area contributed by atoms with Crippen molar-refractivity contribution in [2.75, 3.05) is 0 Å². The monoisotopic (exact) mass is 264 g/mol. The molecule has 2 aromatic heterocycles. The predicted octanol–water partition coefficient (Wildman–Crippen LogP) is 0.201.